The Morgan fingerprint density at radius 2 is 1.30 bits per heavy atom. The normalized spacial score (nSPS) is 20.2. The third-order valence-electron chi connectivity index (χ3n) is 14.0. The van der Waals surface area contributed by atoms with Crippen LogP contribution in [0.2, 0.25) is 0 Å². The van der Waals surface area contributed by atoms with Crippen LogP contribution < -0.4 is 31.1 Å². The van der Waals surface area contributed by atoms with Gasteiger partial charge < -0.3 is 19.1 Å². The van der Waals surface area contributed by atoms with Gasteiger partial charge in [-0.3, -0.25) is 0 Å². The number of nitrogens with zero attached hydrogens (tertiary/aromatic N) is 3. The fourth-order valence-electron chi connectivity index (χ4n) is 11.3. The molecular weight excluding hydrogens is 681 g/mol. The molecule has 5 heteroatoms. The number of hydrogen-bond acceptors (Lipinski definition) is 4. The summed E-state index contributed by atoms with van der Waals surface area (Å²) < 4.78 is 6.38. The molecular formula is C51H42BN3O. The number of para-hydroxylation sites is 4. The standard InChI is InChI=1S/C51H42BN3O/c1-33-29-44-48-45(30-33)55-49-40(50(2)27-12-13-28-51(50,55)3)20-14-21-42(49)52(48)41-25-23-37(53(34-15-6-4-7-16-34)35-17-8-5-9-18-35)32-43(41)54(44)36-24-26-47-39(31-36)38-19-10-11-22-46(38)56-47/h4-11,14-26,29-32H,12-13,27-28H2,1-3H3. The second-order valence-corrected chi connectivity index (χ2v) is 16.9. The zero-order valence-electron chi connectivity index (χ0n) is 32.1. The van der Waals surface area contributed by atoms with Crippen molar-refractivity contribution < 1.29 is 4.42 Å². The van der Waals surface area contributed by atoms with E-state index in [0.29, 0.717) is 0 Å². The molecule has 12 rings (SSSR count). The van der Waals surface area contributed by atoms with Crippen LogP contribution >= 0.6 is 0 Å². The van der Waals surface area contributed by atoms with Gasteiger partial charge in [0.25, 0.3) is 6.71 Å². The van der Waals surface area contributed by atoms with Crippen LogP contribution in [-0.2, 0) is 5.41 Å². The summed E-state index contributed by atoms with van der Waals surface area (Å²) in [5.41, 5.74) is 18.7. The minimum atomic E-state index is -0.00826. The van der Waals surface area contributed by atoms with Crippen molar-refractivity contribution in [1.82, 2.24) is 0 Å². The first-order chi connectivity index (χ1) is 27.4. The molecule has 0 bridgehead atoms. The first-order valence-corrected chi connectivity index (χ1v) is 20.3. The monoisotopic (exact) mass is 723 g/mol. The van der Waals surface area contributed by atoms with Gasteiger partial charge in [-0.05, 0) is 127 Å². The van der Waals surface area contributed by atoms with Crippen molar-refractivity contribution in [2.45, 2.75) is 57.4 Å². The van der Waals surface area contributed by atoms with Crippen molar-refractivity contribution in [2.24, 2.45) is 0 Å². The molecule has 4 nitrogen and oxygen atoms in total. The smallest absolute Gasteiger partial charge is 0.252 e. The fourth-order valence-corrected chi connectivity index (χ4v) is 11.3. The molecule has 4 aliphatic rings. The first-order valence-electron chi connectivity index (χ1n) is 20.3. The van der Waals surface area contributed by atoms with E-state index < -0.39 is 0 Å². The SMILES string of the molecule is Cc1cc2c3c(c1)N1c4c(cccc4C4(C)CCCCC14C)B3c1ccc(N(c3ccccc3)c3ccccc3)cc1N2c1ccc2oc3ccccc3c2c1. The largest absolute Gasteiger partial charge is 0.456 e. The third-order valence-corrected chi connectivity index (χ3v) is 14.0. The molecule has 0 spiro atoms. The van der Waals surface area contributed by atoms with Gasteiger partial charge in [0, 0.05) is 61.7 Å². The Balaban J connectivity index is 1.16. The van der Waals surface area contributed by atoms with E-state index in [0.717, 1.165) is 44.7 Å². The Labute approximate surface area is 328 Å². The molecule has 0 saturated heterocycles. The summed E-state index contributed by atoms with van der Waals surface area (Å²) in [6.07, 6.45) is 4.95. The van der Waals surface area contributed by atoms with Crippen LogP contribution in [0.1, 0.15) is 50.7 Å². The zero-order chi connectivity index (χ0) is 37.3. The number of aryl methyl sites for hydroxylation is 1. The van der Waals surface area contributed by atoms with Gasteiger partial charge in [0.2, 0.25) is 0 Å². The quantitative estimate of drug-likeness (QED) is 0.169. The predicted octanol–water partition coefficient (Wildman–Crippen LogP) is 11.7. The van der Waals surface area contributed by atoms with E-state index >= 15 is 0 Å². The summed E-state index contributed by atoms with van der Waals surface area (Å²) >= 11 is 0. The number of hydrogen-bond donors (Lipinski definition) is 0. The molecule has 1 saturated carbocycles. The fraction of sp³-hybridized carbons (Fsp3) is 0.176. The lowest BCUT2D eigenvalue weighted by atomic mass is 9.33. The van der Waals surface area contributed by atoms with Crippen molar-refractivity contribution >= 4 is 90.5 Å². The highest BCUT2D eigenvalue weighted by Gasteiger charge is 2.61. The summed E-state index contributed by atoms with van der Waals surface area (Å²) in [7, 11) is 0. The van der Waals surface area contributed by atoms with Crippen molar-refractivity contribution in [2.75, 3.05) is 14.7 Å². The van der Waals surface area contributed by atoms with Gasteiger partial charge in [0.1, 0.15) is 11.2 Å². The maximum Gasteiger partial charge on any atom is 0.252 e. The molecule has 4 heterocycles. The molecule has 7 aromatic carbocycles. The van der Waals surface area contributed by atoms with Crippen molar-refractivity contribution in [3.63, 3.8) is 0 Å². The van der Waals surface area contributed by atoms with Crippen LogP contribution in [0.25, 0.3) is 21.9 Å². The average molecular weight is 724 g/mol. The summed E-state index contributed by atoms with van der Waals surface area (Å²) in [5, 5.41) is 2.27. The van der Waals surface area contributed by atoms with Crippen LogP contribution in [-0.4, -0.2) is 12.3 Å². The van der Waals surface area contributed by atoms with E-state index in [1.54, 1.807) is 0 Å². The van der Waals surface area contributed by atoms with Gasteiger partial charge >= 0.3 is 0 Å². The van der Waals surface area contributed by atoms with E-state index in [2.05, 4.69) is 187 Å². The minimum Gasteiger partial charge on any atom is -0.456 e. The Kier molecular flexibility index (Phi) is 6.55. The second kappa shape index (κ2) is 11.4. The van der Waals surface area contributed by atoms with Crippen molar-refractivity contribution in [3.8, 4) is 0 Å². The predicted molar refractivity (Wildman–Crippen MR) is 235 cm³/mol. The van der Waals surface area contributed by atoms with Crippen LogP contribution in [0, 0.1) is 6.92 Å². The van der Waals surface area contributed by atoms with Crippen LogP contribution in [0.3, 0.4) is 0 Å². The number of benzene rings is 7. The Hall–Kier alpha value is -6.20. The molecule has 1 aliphatic carbocycles. The maximum absolute atomic E-state index is 6.38. The molecule has 8 aromatic rings. The lowest BCUT2D eigenvalue weighted by molar-refractivity contribution is 0.195. The summed E-state index contributed by atoms with van der Waals surface area (Å²) in [5.74, 6) is 0. The van der Waals surface area contributed by atoms with Gasteiger partial charge in [0.15, 0.2) is 0 Å². The first kappa shape index (κ1) is 32.1. The number of rotatable bonds is 4. The third kappa shape index (κ3) is 4.15. The number of fused-ring (bicyclic) bond motifs is 10. The lowest BCUT2D eigenvalue weighted by Gasteiger charge is -2.52. The molecule has 0 radical (unpaired) electrons. The summed E-state index contributed by atoms with van der Waals surface area (Å²) in [6, 6.07) is 56.1. The maximum atomic E-state index is 6.38. The Morgan fingerprint density at radius 3 is 2.11 bits per heavy atom. The summed E-state index contributed by atoms with van der Waals surface area (Å²) in [6.45, 7) is 7.50. The highest BCUT2D eigenvalue weighted by molar-refractivity contribution is 7.00. The topological polar surface area (TPSA) is 22.9 Å². The van der Waals surface area contributed by atoms with Crippen LogP contribution in [0.15, 0.2) is 156 Å². The lowest BCUT2D eigenvalue weighted by Crippen LogP contribution is -2.64. The highest BCUT2D eigenvalue weighted by Crippen LogP contribution is 2.61. The van der Waals surface area contributed by atoms with Gasteiger partial charge in [0.05, 0.1) is 5.54 Å². The van der Waals surface area contributed by atoms with E-state index in [-0.39, 0.29) is 17.7 Å². The van der Waals surface area contributed by atoms with Crippen molar-refractivity contribution in [3.05, 3.63) is 163 Å². The van der Waals surface area contributed by atoms with Gasteiger partial charge in [-0.2, -0.15) is 0 Å². The summed E-state index contributed by atoms with van der Waals surface area (Å²) in [4.78, 5) is 7.76. The molecule has 1 fully saturated rings. The molecule has 56 heavy (non-hydrogen) atoms. The zero-order valence-corrected chi connectivity index (χ0v) is 32.1. The Morgan fingerprint density at radius 1 is 0.589 bits per heavy atom. The number of anilines is 8. The van der Waals surface area contributed by atoms with Gasteiger partial charge in [-0.15, -0.1) is 0 Å². The minimum absolute atomic E-state index is 0.00826. The number of furan rings is 1. The van der Waals surface area contributed by atoms with Crippen LogP contribution in [0.4, 0.5) is 45.5 Å². The second-order valence-electron chi connectivity index (χ2n) is 16.9. The molecule has 3 aliphatic heterocycles. The van der Waals surface area contributed by atoms with Gasteiger partial charge in [-0.25, -0.2) is 0 Å². The highest BCUT2D eigenvalue weighted by atomic mass is 16.3. The van der Waals surface area contributed by atoms with E-state index in [4.69, 9.17) is 4.42 Å². The molecule has 0 N–H and O–H groups in total. The van der Waals surface area contributed by atoms with Crippen LogP contribution in [0.5, 0.6) is 0 Å². The van der Waals surface area contributed by atoms with E-state index in [9.17, 15) is 0 Å². The van der Waals surface area contributed by atoms with Crippen molar-refractivity contribution in [1.29, 1.82) is 0 Å². The Bertz CT molecular complexity index is 2860. The molecule has 0 amide bonds. The molecule has 270 valence electrons. The molecule has 2 unspecified atom stereocenters. The average Bonchev–Trinajstić information content (AvgIpc) is 3.70. The van der Waals surface area contributed by atoms with E-state index in [1.165, 1.54) is 75.9 Å². The van der Waals surface area contributed by atoms with E-state index in [1.807, 2.05) is 0 Å². The molecule has 1 aromatic heterocycles. The van der Waals surface area contributed by atoms with Gasteiger partial charge in [-0.1, -0.05) is 98.6 Å². The molecule has 2 atom stereocenters.